The van der Waals surface area contributed by atoms with Crippen LogP contribution in [-0.4, -0.2) is 50.5 Å². The second kappa shape index (κ2) is 12.0. The van der Waals surface area contributed by atoms with E-state index in [0.29, 0.717) is 29.2 Å². The van der Waals surface area contributed by atoms with Crippen molar-refractivity contribution in [2.75, 3.05) is 23.7 Å². The second-order valence-corrected chi connectivity index (χ2v) is 14.8. The number of nitrogens with one attached hydrogen (secondary N) is 1. The Labute approximate surface area is 249 Å². The van der Waals surface area contributed by atoms with E-state index in [1.54, 1.807) is 12.1 Å². The Kier molecular flexibility index (Phi) is 8.72. The highest BCUT2D eigenvalue weighted by Gasteiger charge is 2.51. The zero-order chi connectivity index (χ0) is 29.4. The fourth-order valence-electron chi connectivity index (χ4n) is 8.08. The maximum absolute atomic E-state index is 13.9. The molecule has 1 atom stereocenters. The molecular formula is C32H42ClN3O4S. The highest BCUT2D eigenvalue weighted by Crippen LogP contribution is 2.60. The number of hydrogen-bond donors (Lipinski definition) is 1. The van der Waals surface area contributed by atoms with Crippen LogP contribution in [0.5, 0.6) is 0 Å². The van der Waals surface area contributed by atoms with Crippen LogP contribution in [0.25, 0.3) is 0 Å². The second-order valence-electron chi connectivity index (χ2n) is 12.4. The topological polar surface area (TPSA) is 86.8 Å². The summed E-state index contributed by atoms with van der Waals surface area (Å²) < 4.78 is 27.2. The molecule has 4 fully saturated rings. The molecule has 222 valence electrons. The summed E-state index contributed by atoms with van der Waals surface area (Å²) in [6.07, 6.45) is 9.25. The largest absolute Gasteiger partial charge is 0.355 e. The lowest BCUT2D eigenvalue weighted by Gasteiger charge is -2.57. The Morgan fingerprint density at radius 1 is 0.976 bits per heavy atom. The van der Waals surface area contributed by atoms with Gasteiger partial charge in [-0.2, -0.15) is 0 Å². The number of carbonyl (C=O) groups is 2. The average Bonchev–Trinajstić information content (AvgIpc) is 2.91. The molecule has 0 radical (unpaired) electrons. The fraction of sp³-hybridized carbons (Fsp3) is 0.562. The van der Waals surface area contributed by atoms with Crippen LogP contribution in [0.1, 0.15) is 69.9 Å². The molecule has 4 aliphatic rings. The van der Waals surface area contributed by atoms with Gasteiger partial charge in [0.05, 0.1) is 11.9 Å². The molecule has 4 aliphatic carbocycles. The number of benzene rings is 2. The van der Waals surface area contributed by atoms with Gasteiger partial charge in [-0.1, -0.05) is 48.9 Å². The van der Waals surface area contributed by atoms with Crippen LogP contribution < -0.4 is 9.62 Å². The number of likely N-dealkylation sites (N-methyl/N-ethyl adjacent to an activating group) is 1. The summed E-state index contributed by atoms with van der Waals surface area (Å²) in [4.78, 5) is 28.3. The first-order valence-corrected chi connectivity index (χ1v) is 17.1. The number of carbonyl (C=O) groups excluding carboxylic acids is 2. The van der Waals surface area contributed by atoms with E-state index in [1.807, 2.05) is 38.1 Å². The third-order valence-electron chi connectivity index (χ3n) is 9.52. The van der Waals surface area contributed by atoms with Crippen molar-refractivity contribution in [2.24, 2.45) is 17.8 Å². The van der Waals surface area contributed by atoms with Crippen LogP contribution in [0.2, 0.25) is 5.02 Å². The first-order valence-electron chi connectivity index (χ1n) is 14.9. The molecule has 0 unspecified atom stereocenters. The molecule has 2 amide bonds. The standard InChI is InChI=1S/C32H42ClN3O4S/c1-4-29(31(38)34-5-2)35(20-25-8-6-7-9-28(25)33)30(37)21-36(41(3,39)40)27-12-10-26(11-13-27)32-17-22-14-23(18-32)16-24(15-22)19-32/h6-13,22-24,29H,4-5,14-21H2,1-3H3,(H,34,38)/t22?,23?,24?,29-,32?/m0/s1. The highest BCUT2D eigenvalue weighted by atomic mass is 35.5. The van der Waals surface area contributed by atoms with E-state index in [4.69, 9.17) is 11.6 Å². The van der Waals surface area contributed by atoms with Gasteiger partial charge in [0.2, 0.25) is 21.8 Å². The van der Waals surface area contributed by atoms with Crippen molar-refractivity contribution < 1.29 is 18.0 Å². The minimum Gasteiger partial charge on any atom is -0.355 e. The summed E-state index contributed by atoms with van der Waals surface area (Å²) in [7, 11) is -3.79. The van der Waals surface area contributed by atoms with Gasteiger partial charge in [0.1, 0.15) is 12.6 Å². The van der Waals surface area contributed by atoms with E-state index in [2.05, 4.69) is 17.4 Å². The lowest BCUT2D eigenvalue weighted by Crippen LogP contribution is -2.52. The minimum atomic E-state index is -3.79. The third kappa shape index (κ3) is 6.29. The van der Waals surface area contributed by atoms with Gasteiger partial charge in [0, 0.05) is 18.1 Å². The van der Waals surface area contributed by atoms with Crippen LogP contribution >= 0.6 is 11.6 Å². The van der Waals surface area contributed by atoms with Gasteiger partial charge in [-0.3, -0.25) is 13.9 Å². The zero-order valence-corrected chi connectivity index (χ0v) is 25.9. The Morgan fingerprint density at radius 3 is 2.07 bits per heavy atom. The summed E-state index contributed by atoms with van der Waals surface area (Å²) in [6, 6.07) is 14.3. The van der Waals surface area contributed by atoms with Crippen LogP contribution in [0, 0.1) is 17.8 Å². The number of amides is 2. The molecule has 2 aromatic carbocycles. The molecule has 4 bridgehead atoms. The summed E-state index contributed by atoms with van der Waals surface area (Å²) in [5.41, 5.74) is 2.64. The Bertz CT molecular complexity index is 1340. The quantitative estimate of drug-likeness (QED) is 0.369. The first-order chi connectivity index (χ1) is 19.5. The molecule has 0 heterocycles. The van der Waals surface area contributed by atoms with E-state index in [-0.39, 0.29) is 17.9 Å². The van der Waals surface area contributed by atoms with Gasteiger partial charge in [-0.15, -0.1) is 0 Å². The number of anilines is 1. The maximum Gasteiger partial charge on any atom is 0.244 e. The van der Waals surface area contributed by atoms with Crippen LogP contribution in [-0.2, 0) is 31.6 Å². The van der Waals surface area contributed by atoms with Crippen LogP contribution in [0.4, 0.5) is 5.69 Å². The highest BCUT2D eigenvalue weighted by molar-refractivity contribution is 7.92. The summed E-state index contributed by atoms with van der Waals surface area (Å²) in [5, 5.41) is 3.29. The van der Waals surface area contributed by atoms with E-state index in [0.717, 1.165) is 28.3 Å². The first kappa shape index (κ1) is 29.9. The maximum atomic E-state index is 13.9. The predicted molar refractivity (Wildman–Crippen MR) is 163 cm³/mol. The molecule has 9 heteroatoms. The van der Waals surface area contributed by atoms with Crippen molar-refractivity contribution in [1.82, 2.24) is 10.2 Å². The summed E-state index contributed by atoms with van der Waals surface area (Å²) >= 11 is 6.42. The molecular weight excluding hydrogens is 558 g/mol. The van der Waals surface area contributed by atoms with Crippen molar-refractivity contribution in [3.63, 3.8) is 0 Å². The molecule has 6 rings (SSSR count). The van der Waals surface area contributed by atoms with Gasteiger partial charge >= 0.3 is 0 Å². The SMILES string of the molecule is CCNC(=O)[C@H](CC)N(Cc1ccccc1Cl)C(=O)CN(c1ccc(C23CC4CC(CC(C4)C2)C3)cc1)S(C)(=O)=O. The molecule has 1 N–H and O–H groups in total. The molecule has 4 saturated carbocycles. The van der Waals surface area contributed by atoms with Crippen LogP contribution in [0.15, 0.2) is 48.5 Å². The smallest absolute Gasteiger partial charge is 0.244 e. The van der Waals surface area contributed by atoms with Gasteiger partial charge in [-0.05, 0) is 104 Å². The average molecular weight is 600 g/mol. The molecule has 2 aromatic rings. The van der Waals surface area contributed by atoms with Crippen molar-refractivity contribution in [1.29, 1.82) is 0 Å². The normalized spacial score (nSPS) is 25.5. The Hall–Kier alpha value is -2.58. The lowest BCUT2D eigenvalue weighted by molar-refractivity contribution is -0.140. The van der Waals surface area contributed by atoms with E-state index < -0.39 is 28.5 Å². The van der Waals surface area contributed by atoms with E-state index in [9.17, 15) is 18.0 Å². The minimum absolute atomic E-state index is 0.0940. The van der Waals surface area contributed by atoms with Gasteiger partial charge in [0.15, 0.2) is 0 Å². The number of halogens is 1. The molecule has 0 aromatic heterocycles. The number of nitrogens with zero attached hydrogens (tertiary/aromatic N) is 2. The Balaban J connectivity index is 1.41. The van der Waals surface area contributed by atoms with Crippen molar-refractivity contribution in [3.8, 4) is 0 Å². The van der Waals surface area contributed by atoms with Gasteiger partial charge in [0.25, 0.3) is 0 Å². The number of sulfonamides is 1. The van der Waals surface area contributed by atoms with E-state index in [1.165, 1.54) is 49.0 Å². The molecule has 0 spiro atoms. The predicted octanol–water partition coefficient (Wildman–Crippen LogP) is 5.52. The van der Waals surface area contributed by atoms with Crippen molar-refractivity contribution >= 4 is 39.1 Å². The van der Waals surface area contributed by atoms with Gasteiger partial charge < -0.3 is 10.2 Å². The molecule has 7 nitrogen and oxygen atoms in total. The zero-order valence-electron chi connectivity index (χ0n) is 24.3. The number of rotatable bonds is 11. The molecule has 0 aliphatic heterocycles. The van der Waals surface area contributed by atoms with Gasteiger partial charge in [-0.25, -0.2) is 8.42 Å². The fourth-order valence-corrected chi connectivity index (χ4v) is 9.13. The summed E-state index contributed by atoms with van der Waals surface area (Å²) in [5.74, 6) is 1.70. The van der Waals surface area contributed by atoms with Crippen molar-refractivity contribution in [3.05, 3.63) is 64.7 Å². The molecule has 41 heavy (non-hydrogen) atoms. The number of hydrogen-bond acceptors (Lipinski definition) is 4. The third-order valence-corrected chi connectivity index (χ3v) is 11.0. The van der Waals surface area contributed by atoms with E-state index >= 15 is 0 Å². The Morgan fingerprint density at radius 2 is 1.56 bits per heavy atom. The van der Waals surface area contributed by atoms with Crippen molar-refractivity contribution in [2.45, 2.75) is 76.8 Å². The molecule has 0 saturated heterocycles. The lowest BCUT2D eigenvalue weighted by atomic mass is 9.48. The monoisotopic (exact) mass is 599 g/mol. The summed E-state index contributed by atoms with van der Waals surface area (Å²) in [6.45, 7) is 3.77. The van der Waals surface area contributed by atoms with Crippen LogP contribution in [0.3, 0.4) is 0 Å².